The molecular weight excluding hydrogens is 230 g/mol. The first-order valence-electron chi connectivity index (χ1n) is 5.87. The van der Waals surface area contributed by atoms with Crippen LogP contribution < -0.4 is 5.32 Å². The standard InChI is InChI=1S/C12H17N5O/c1-8(5-11-6-9(2)16-17-11)14-12-13-4-3-10(7-18)15-12/h3-4,6,8,18H,5,7H2,1-2H3,(H,16,17)(H,13,14,15). The zero-order valence-electron chi connectivity index (χ0n) is 10.5. The third-order valence-electron chi connectivity index (χ3n) is 2.53. The maximum absolute atomic E-state index is 9.00. The van der Waals surface area contributed by atoms with E-state index in [4.69, 9.17) is 5.11 Å². The number of hydrogen-bond donors (Lipinski definition) is 3. The van der Waals surface area contributed by atoms with E-state index in [0.29, 0.717) is 11.6 Å². The molecule has 6 nitrogen and oxygen atoms in total. The highest BCUT2D eigenvalue weighted by Crippen LogP contribution is 2.07. The summed E-state index contributed by atoms with van der Waals surface area (Å²) < 4.78 is 0. The third kappa shape index (κ3) is 3.27. The van der Waals surface area contributed by atoms with Gasteiger partial charge in [0.2, 0.25) is 5.95 Å². The minimum Gasteiger partial charge on any atom is -0.390 e. The van der Waals surface area contributed by atoms with Crippen LogP contribution in [0.3, 0.4) is 0 Å². The average molecular weight is 247 g/mol. The summed E-state index contributed by atoms with van der Waals surface area (Å²) in [5.41, 5.74) is 2.66. The van der Waals surface area contributed by atoms with Gasteiger partial charge in [0.1, 0.15) is 0 Å². The van der Waals surface area contributed by atoms with Gasteiger partial charge in [-0.3, -0.25) is 5.10 Å². The molecule has 96 valence electrons. The van der Waals surface area contributed by atoms with E-state index in [-0.39, 0.29) is 12.6 Å². The average Bonchev–Trinajstić information content (AvgIpc) is 2.74. The zero-order chi connectivity index (χ0) is 13.0. The molecule has 3 N–H and O–H groups in total. The number of aryl methyl sites for hydroxylation is 1. The summed E-state index contributed by atoms with van der Waals surface area (Å²) in [6.07, 6.45) is 2.42. The molecule has 0 saturated carbocycles. The topological polar surface area (TPSA) is 86.7 Å². The Hall–Kier alpha value is -1.95. The number of nitrogens with one attached hydrogen (secondary N) is 2. The summed E-state index contributed by atoms with van der Waals surface area (Å²) in [5.74, 6) is 0.529. The van der Waals surface area contributed by atoms with E-state index < -0.39 is 0 Å². The largest absolute Gasteiger partial charge is 0.390 e. The molecule has 1 unspecified atom stereocenters. The van der Waals surface area contributed by atoms with Gasteiger partial charge in [0.15, 0.2) is 0 Å². The molecule has 0 radical (unpaired) electrons. The van der Waals surface area contributed by atoms with E-state index in [1.54, 1.807) is 12.3 Å². The predicted octanol–water partition coefficient (Wildman–Crippen LogP) is 1.04. The van der Waals surface area contributed by atoms with Crippen LogP contribution >= 0.6 is 0 Å². The van der Waals surface area contributed by atoms with Crippen LogP contribution in [0.4, 0.5) is 5.95 Å². The van der Waals surface area contributed by atoms with Crippen molar-refractivity contribution in [1.82, 2.24) is 20.2 Å². The molecule has 2 heterocycles. The molecule has 18 heavy (non-hydrogen) atoms. The fourth-order valence-electron chi connectivity index (χ4n) is 1.72. The third-order valence-corrected chi connectivity index (χ3v) is 2.53. The van der Waals surface area contributed by atoms with Crippen molar-refractivity contribution in [2.45, 2.75) is 32.9 Å². The number of aliphatic hydroxyl groups is 1. The van der Waals surface area contributed by atoms with Crippen LogP contribution in [-0.4, -0.2) is 31.3 Å². The van der Waals surface area contributed by atoms with Crippen molar-refractivity contribution in [3.05, 3.63) is 35.4 Å². The Bertz CT molecular complexity index is 511. The molecule has 0 saturated heterocycles. The first kappa shape index (κ1) is 12.5. The Morgan fingerprint density at radius 3 is 2.94 bits per heavy atom. The molecule has 0 aliphatic rings. The van der Waals surface area contributed by atoms with Gasteiger partial charge in [-0.25, -0.2) is 9.97 Å². The Morgan fingerprint density at radius 2 is 2.28 bits per heavy atom. The Balaban J connectivity index is 1.96. The first-order valence-corrected chi connectivity index (χ1v) is 5.87. The summed E-state index contributed by atoms with van der Waals surface area (Å²) in [6, 6.07) is 3.87. The zero-order valence-corrected chi connectivity index (χ0v) is 10.5. The quantitative estimate of drug-likeness (QED) is 0.735. The smallest absolute Gasteiger partial charge is 0.223 e. The minimum atomic E-state index is -0.0792. The van der Waals surface area contributed by atoms with E-state index in [1.165, 1.54) is 0 Å². The maximum atomic E-state index is 9.00. The summed E-state index contributed by atoms with van der Waals surface area (Å²) in [4.78, 5) is 8.29. The fraction of sp³-hybridized carbons (Fsp3) is 0.417. The van der Waals surface area contributed by atoms with Crippen molar-refractivity contribution in [3.63, 3.8) is 0 Å². The van der Waals surface area contributed by atoms with Crippen molar-refractivity contribution >= 4 is 5.95 Å². The second kappa shape index (κ2) is 5.59. The molecule has 6 heteroatoms. The van der Waals surface area contributed by atoms with Gasteiger partial charge in [0.25, 0.3) is 0 Å². The number of hydrogen-bond acceptors (Lipinski definition) is 5. The Morgan fingerprint density at radius 1 is 1.44 bits per heavy atom. The van der Waals surface area contributed by atoms with E-state index in [1.807, 2.05) is 19.9 Å². The molecule has 2 rings (SSSR count). The number of aromatic amines is 1. The van der Waals surface area contributed by atoms with Gasteiger partial charge >= 0.3 is 0 Å². The van der Waals surface area contributed by atoms with Crippen LogP contribution in [0.2, 0.25) is 0 Å². The summed E-state index contributed by atoms with van der Waals surface area (Å²) in [5, 5.41) is 19.3. The number of aliphatic hydroxyl groups excluding tert-OH is 1. The normalized spacial score (nSPS) is 12.4. The summed E-state index contributed by atoms with van der Waals surface area (Å²) in [7, 11) is 0. The first-order chi connectivity index (χ1) is 8.67. The van der Waals surface area contributed by atoms with Crippen molar-refractivity contribution in [3.8, 4) is 0 Å². The number of anilines is 1. The number of nitrogens with zero attached hydrogens (tertiary/aromatic N) is 3. The predicted molar refractivity (Wildman–Crippen MR) is 68.1 cm³/mol. The molecule has 0 aliphatic heterocycles. The molecule has 1 atom stereocenters. The van der Waals surface area contributed by atoms with Gasteiger partial charge in [-0.05, 0) is 26.0 Å². The molecule has 0 aliphatic carbocycles. The highest BCUT2D eigenvalue weighted by Gasteiger charge is 2.08. The monoisotopic (exact) mass is 247 g/mol. The Labute approximate surface area is 105 Å². The van der Waals surface area contributed by atoms with Crippen molar-refractivity contribution in [2.24, 2.45) is 0 Å². The minimum absolute atomic E-state index is 0.0792. The molecule has 2 aromatic heterocycles. The van der Waals surface area contributed by atoms with Gasteiger partial charge < -0.3 is 10.4 Å². The molecule has 0 amide bonds. The van der Waals surface area contributed by atoms with Crippen molar-refractivity contribution in [1.29, 1.82) is 0 Å². The van der Waals surface area contributed by atoms with Crippen molar-refractivity contribution in [2.75, 3.05) is 5.32 Å². The summed E-state index contributed by atoms with van der Waals surface area (Å²) >= 11 is 0. The van der Waals surface area contributed by atoms with Gasteiger partial charge in [-0.2, -0.15) is 5.10 Å². The van der Waals surface area contributed by atoms with Crippen LogP contribution in [0.5, 0.6) is 0 Å². The van der Waals surface area contributed by atoms with Crippen LogP contribution in [0.25, 0.3) is 0 Å². The van der Waals surface area contributed by atoms with Gasteiger partial charge in [-0.1, -0.05) is 0 Å². The second-order valence-corrected chi connectivity index (χ2v) is 4.32. The van der Waals surface area contributed by atoms with E-state index >= 15 is 0 Å². The lowest BCUT2D eigenvalue weighted by Gasteiger charge is -2.12. The van der Waals surface area contributed by atoms with Gasteiger partial charge in [0, 0.05) is 24.4 Å². The SMILES string of the molecule is Cc1cc(CC(C)Nc2nccc(CO)n2)n[nH]1. The van der Waals surface area contributed by atoms with Crippen LogP contribution in [-0.2, 0) is 13.0 Å². The van der Waals surface area contributed by atoms with Gasteiger partial charge in [-0.15, -0.1) is 0 Å². The lowest BCUT2D eigenvalue weighted by molar-refractivity contribution is 0.277. The Kier molecular flexibility index (Phi) is 3.88. The lowest BCUT2D eigenvalue weighted by atomic mass is 10.2. The molecule has 0 spiro atoms. The highest BCUT2D eigenvalue weighted by atomic mass is 16.3. The molecule has 0 bridgehead atoms. The fourth-order valence-corrected chi connectivity index (χ4v) is 1.72. The van der Waals surface area contributed by atoms with E-state index in [2.05, 4.69) is 25.5 Å². The lowest BCUT2D eigenvalue weighted by Crippen LogP contribution is -2.20. The van der Waals surface area contributed by atoms with Crippen LogP contribution in [0, 0.1) is 6.92 Å². The van der Waals surface area contributed by atoms with E-state index in [0.717, 1.165) is 17.8 Å². The molecular formula is C12H17N5O. The second-order valence-electron chi connectivity index (χ2n) is 4.32. The van der Waals surface area contributed by atoms with Crippen LogP contribution in [0.15, 0.2) is 18.3 Å². The van der Waals surface area contributed by atoms with Crippen molar-refractivity contribution < 1.29 is 5.11 Å². The molecule has 0 aromatic carbocycles. The number of rotatable bonds is 5. The van der Waals surface area contributed by atoms with E-state index in [9.17, 15) is 0 Å². The van der Waals surface area contributed by atoms with Crippen LogP contribution in [0.1, 0.15) is 24.0 Å². The summed E-state index contributed by atoms with van der Waals surface area (Å²) in [6.45, 7) is 3.94. The van der Waals surface area contributed by atoms with Gasteiger partial charge in [0.05, 0.1) is 18.0 Å². The molecule has 0 fully saturated rings. The highest BCUT2D eigenvalue weighted by molar-refractivity contribution is 5.27. The number of aromatic nitrogens is 4. The number of H-pyrrole nitrogens is 1. The maximum Gasteiger partial charge on any atom is 0.223 e. The molecule has 2 aromatic rings.